The predicted octanol–water partition coefficient (Wildman–Crippen LogP) is 4.61. The largest absolute Gasteiger partial charge is 0.318 e. The maximum Gasteiger partial charge on any atom is 0.255 e. The first-order chi connectivity index (χ1) is 9.51. The summed E-state index contributed by atoms with van der Waals surface area (Å²) in [4.78, 5) is 12.0. The van der Waals surface area contributed by atoms with E-state index in [2.05, 4.69) is 5.32 Å². The van der Waals surface area contributed by atoms with Gasteiger partial charge in [-0.15, -0.1) is 11.6 Å². The van der Waals surface area contributed by atoms with Crippen molar-refractivity contribution in [1.82, 2.24) is 0 Å². The van der Waals surface area contributed by atoms with E-state index in [0.717, 1.165) is 11.6 Å². The topological polar surface area (TPSA) is 29.1 Å². The van der Waals surface area contributed by atoms with Gasteiger partial charge < -0.3 is 5.32 Å². The van der Waals surface area contributed by atoms with E-state index in [1.54, 1.807) is 24.3 Å². The minimum absolute atomic E-state index is 0.204. The van der Waals surface area contributed by atoms with Crippen molar-refractivity contribution in [2.24, 2.45) is 0 Å². The number of halogens is 4. The van der Waals surface area contributed by atoms with Crippen molar-refractivity contribution in [3.05, 3.63) is 64.2 Å². The third kappa shape index (κ3) is 3.26. The minimum atomic E-state index is -0.933. The SMILES string of the molecule is O=C(Nc1c(F)cc(F)cc1Cl)c1cccc(CCl)c1. The Bertz CT molecular complexity index is 638. The van der Waals surface area contributed by atoms with Crippen LogP contribution < -0.4 is 5.32 Å². The molecule has 2 aromatic rings. The number of carbonyl (C=O) groups excluding carboxylic acids is 1. The molecule has 0 aromatic heterocycles. The molecule has 0 aliphatic heterocycles. The summed E-state index contributed by atoms with van der Waals surface area (Å²) in [6.07, 6.45) is 0. The molecule has 0 saturated carbocycles. The first kappa shape index (κ1) is 14.8. The van der Waals surface area contributed by atoms with Crippen molar-refractivity contribution < 1.29 is 13.6 Å². The summed E-state index contributed by atoms with van der Waals surface area (Å²) in [5.74, 6) is -2.04. The zero-order valence-electron chi connectivity index (χ0n) is 10.1. The summed E-state index contributed by atoms with van der Waals surface area (Å²) >= 11 is 11.4. The highest BCUT2D eigenvalue weighted by Gasteiger charge is 2.14. The monoisotopic (exact) mass is 315 g/mol. The smallest absolute Gasteiger partial charge is 0.255 e. The average Bonchev–Trinajstić information content (AvgIpc) is 2.42. The lowest BCUT2D eigenvalue weighted by molar-refractivity contribution is 0.102. The number of hydrogen-bond donors (Lipinski definition) is 1. The van der Waals surface area contributed by atoms with Crippen LogP contribution in [0.3, 0.4) is 0 Å². The van der Waals surface area contributed by atoms with Crippen molar-refractivity contribution in [3.63, 3.8) is 0 Å². The third-order valence-corrected chi connectivity index (χ3v) is 3.20. The van der Waals surface area contributed by atoms with E-state index < -0.39 is 17.5 Å². The van der Waals surface area contributed by atoms with E-state index in [4.69, 9.17) is 23.2 Å². The molecule has 20 heavy (non-hydrogen) atoms. The molecule has 1 N–H and O–H groups in total. The summed E-state index contributed by atoms with van der Waals surface area (Å²) in [6, 6.07) is 8.13. The number of anilines is 1. The molecule has 0 unspecified atom stereocenters. The fraction of sp³-hybridized carbons (Fsp3) is 0.0714. The molecule has 0 spiro atoms. The number of amides is 1. The highest BCUT2D eigenvalue weighted by molar-refractivity contribution is 6.34. The Morgan fingerprint density at radius 2 is 1.95 bits per heavy atom. The maximum absolute atomic E-state index is 13.6. The molecule has 0 atom stereocenters. The number of carbonyl (C=O) groups is 1. The normalized spacial score (nSPS) is 10.4. The second kappa shape index (κ2) is 6.20. The van der Waals surface area contributed by atoms with Crippen molar-refractivity contribution in [2.75, 3.05) is 5.32 Å². The average molecular weight is 316 g/mol. The van der Waals surface area contributed by atoms with E-state index in [1.165, 1.54) is 0 Å². The number of benzene rings is 2. The van der Waals surface area contributed by atoms with Crippen LogP contribution in [-0.2, 0) is 5.88 Å². The third-order valence-electron chi connectivity index (χ3n) is 2.59. The molecule has 0 radical (unpaired) electrons. The van der Waals surface area contributed by atoms with Gasteiger partial charge in [-0.3, -0.25) is 4.79 Å². The van der Waals surface area contributed by atoms with Crippen LogP contribution in [-0.4, -0.2) is 5.91 Å². The number of alkyl halides is 1. The van der Waals surface area contributed by atoms with Crippen molar-refractivity contribution in [3.8, 4) is 0 Å². The summed E-state index contributed by atoms with van der Waals surface area (Å²) in [5, 5.41) is 2.11. The van der Waals surface area contributed by atoms with E-state index in [1.807, 2.05) is 0 Å². The van der Waals surface area contributed by atoms with Gasteiger partial charge in [0, 0.05) is 17.5 Å². The first-order valence-corrected chi connectivity index (χ1v) is 6.53. The van der Waals surface area contributed by atoms with Gasteiger partial charge in [-0.1, -0.05) is 23.7 Å². The van der Waals surface area contributed by atoms with Crippen LogP contribution in [0.5, 0.6) is 0 Å². The van der Waals surface area contributed by atoms with Crippen molar-refractivity contribution in [2.45, 2.75) is 5.88 Å². The second-order valence-corrected chi connectivity index (χ2v) is 4.71. The molecular formula is C14H9Cl2F2NO. The predicted molar refractivity (Wildman–Crippen MR) is 75.3 cm³/mol. The van der Waals surface area contributed by atoms with Gasteiger partial charge in [0.05, 0.1) is 10.7 Å². The zero-order valence-corrected chi connectivity index (χ0v) is 11.6. The lowest BCUT2D eigenvalue weighted by Crippen LogP contribution is -2.13. The number of nitrogens with one attached hydrogen (secondary N) is 1. The van der Waals surface area contributed by atoms with Crippen LogP contribution in [0.15, 0.2) is 36.4 Å². The molecular weight excluding hydrogens is 307 g/mol. The molecule has 104 valence electrons. The zero-order chi connectivity index (χ0) is 14.7. The van der Waals surface area contributed by atoms with E-state index in [-0.39, 0.29) is 16.6 Å². The van der Waals surface area contributed by atoms with Gasteiger partial charge in [0.25, 0.3) is 5.91 Å². The van der Waals surface area contributed by atoms with Crippen molar-refractivity contribution >= 4 is 34.8 Å². The molecule has 6 heteroatoms. The van der Waals surface area contributed by atoms with Crippen LogP contribution in [0, 0.1) is 11.6 Å². The Hall–Kier alpha value is -1.65. The second-order valence-electron chi connectivity index (χ2n) is 4.03. The van der Waals surface area contributed by atoms with Crippen LogP contribution in [0.2, 0.25) is 5.02 Å². The molecule has 0 fully saturated rings. The first-order valence-electron chi connectivity index (χ1n) is 5.62. The van der Waals surface area contributed by atoms with Gasteiger partial charge in [0.1, 0.15) is 5.82 Å². The fourth-order valence-electron chi connectivity index (χ4n) is 1.64. The van der Waals surface area contributed by atoms with Crippen LogP contribution >= 0.6 is 23.2 Å². The molecule has 1 amide bonds. The van der Waals surface area contributed by atoms with E-state index in [0.29, 0.717) is 11.6 Å². The quantitative estimate of drug-likeness (QED) is 0.823. The maximum atomic E-state index is 13.6. The molecule has 0 aliphatic carbocycles. The molecule has 0 aliphatic rings. The number of hydrogen-bond acceptors (Lipinski definition) is 1. The molecule has 2 rings (SSSR count). The Morgan fingerprint density at radius 1 is 1.20 bits per heavy atom. The van der Waals surface area contributed by atoms with Gasteiger partial charge in [0.15, 0.2) is 5.82 Å². The summed E-state index contributed by atoms with van der Waals surface area (Å²) in [7, 11) is 0. The van der Waals surface area contributed by atoms with Gasteiger partial charge in [0.2, 0.25) is 0 Å². The van der Waals surface area contributed by atoms with Gasteiger partial charge in [-0.05, 0) is 23.8 Å². The lowest BCUT2D eigenvalue weighted by atomic mass is 10.1. The molecule has 2 nitrogen and oxygen atoms in total. The summed E-state index contributed by atoms with van der Waals surface area (Å²) in [6.45, 7) is 0. The molecule has 2 aromatic carbocycles. The summed E-state index contributed by atoms with van der Waals surface area (Å²) < 4.78 is 26.5. The van der Waals surface area contributed by atoms with Crippen LogP contribution in [0.4, 0.5) is 14.5 Å². The van der Waals surface area contributed by atoms with Crippen LogP contribution in [0.1, 0.15) is 15.9 Å². The Balaban J connectivity index is 2.28. The number of rotatable bonds is 3. The van der Waals surface area contributed by atoms with E-state index >= 15 is 0 Å². The fourth-order valence-corrected chi connectivity index (χ4v) is 2.05. The standard InChI is InChI=1S/C14H9Cl2F2NO/c15-7-8-2-1-3-9(4-8)14(20)19-13-11(16)5-10(17)6-12(13)18/h1-6H,7H2,(H,19,20). The van der Waals surface area contributed by atoms with E-state index in [9.17, 15) is 13.6 Å². The Kier molecular flexibility index (Phi) is 4.57. The van der Waals surface area contributed by atoms with Crippen molar-refractivity contribution in [1.29, 1.82) is 0 Å². The van der Waals surface area contributed by atoms with Gasteiger partial charge >= 0.3 is 0 Å². The molecule has 0 saturated heterocycles. The highest BCUT2D eigenvalue weighted by atomic mass is 35.5. The molecule has 0 heterocycles. The minimum Gasteiger partial charge on any atom is -0.318 e. The van der Waals surface area contributed by atoms with Gasteiger partial charge in [-0.2, -0.15) is 0 Å². The lowest BCUT2D eigenvalue weighted by Gasteiger charge is -2.09. The van der Waals surface area contributed by atoms with Crippen LogP contribution in [0.25, 0.3) is 0 Å². The Labute approximate surface area is 124 Å². The highest BCUT2D eigenvalue weighted by Crippen LogP contribution is 2.26. The van der Waals surface area contributed by atoms with Gasteiger partial charge in [-0.25, -0.2) is 8.78 Å². The molecule has 0 bridgehead atoms. The summed E-state index contributed by atoms with van der Waals surface area (Å²) in [5.41, 5.74) is 0.808. The Morgan fingerprint density at radius 3 is 2.60 bits per heavy atom.